The number of amides is 1. The van der Waals surface area contributed by atoms with Crippen LogP contribution in [0.1, 0.15) is 31.9 Å². The summed E-state index contributed by atoms with van der Waals surface area (Å²) in [6.07, 6.45) is 0.198. The molecule has 1 heterocycles. The molecule has 0 radical (unpaired) electrons. The maximum absolute atomic E-state index is 12.7. The van der Waals surface area contributed by atoms with Crippen molar-refractivity contribution in [1.29, 1.82) is 0 Å². The second-order valence-corrected chi connectivity index (χ2v) is 10.3. The van der Waals surface area contributed by atoms with E-state index < -0.39 is 16.1 Å². The summed E-state index contributed by atoms with van der Waals surface area (Å²) in [5, 5.41) is 2.82. The maximum Gasteiger partial charge on any atom is 0.263 e. The Hall–Kier alpha value is -2.74. The van der Waals surface area contributed by atoms with Crippen molar-refractivity contribution in [3.8, 4) is 11.5 Å². The summed E-state index contributed by atoms with van der Waals surface area (Å²) < 4.78 is 37.1. The van der Waals surface area contributed by atoms with Crippen LogP contribution in [-0.2, 0) is 26.8 Å². The summed E-state index contributed by atoms with van der Waals surface area (Å²) in [4.78, 5) is 12.7. The Morgan fingerprint density at radius 2 is 1.87 bits per heavy atom. The highest BCUT2D eigenvalue weighted by Crippen LogP contribution is 2.38. The third-order valence-corrected chi connectivity index (χ3v) is 6.16. The van der Waals surface area contributed by atoms with Gasteiger partial charge in [0.05, 0.1) is 25.6 Å². The zero-order valence-electron chi connectivity index (χ0n) is 17.9. The van der Waals surface area contributed by atoms with Crippen molar-refractivity contribution in [2.75, 3.05) is 24.2 Å². The Morgan fingerprint density at radius 1 is 1.20 bits per heavy atom. The fourth-order valence-corrected chi connectivity index (χ4v) is 4.12. The van der Waals surface area contributed by atoms with Crippen molar-refractivity contribution in [3.63, 3.8) is 0 Å². The highest BCUT2D eigenvalue weighted by molar-refractivity contribution is 7.92. The number of ether oxygens (including phenoxy) is 2. The number of hydrogen-bond acceptors (Lipinski definition) is 5. The van der Waals surface area contributed by atoms with Gasteiger partial charge in [-0.05, 0) is 40.8 Å². The summed E-state index contributed by atoms with van der Waals surface area (Å²) in [6.45, 7) is 6.39. The number of methoxy groups -OCH3 is 1. The van der Waals surface area contributed by atoms with Gasteiger partial charge in [-0.3, -0.25) is 9.10 Å². The fourth-order valence-electron chi connectivity index (χ4n) is 3.21. The van der Waals surface area contributed by atoms with Gasteiger partial charge in [0.1, 0.15) is 11.5 Å². The summed E-state index contributed by atoms with van der Waals surface area (Å²) >= 11 is 0. The standard InChI is InChI=1S/C22H28N2O5S/c1-22(2,3)16-8-11-19-18(12-16)24(30(5,26)27)14-20(29-19)21(25)23-13-15-6-9-17(28-4)10-7-15/h6-12,20H,13-14H2,1-5H3,(H,23,25)/t20-/m1/s1. The molecule has 0 aliphatic carbocycles. The van der Waals surface area contributed by atoms with E-state index in [1.54, 1.807) is 13.2 Å². The molecule has 8 heteroatoms. The van der Waals surface area contributed by atoms with Gasteiger partial charge < -0.3 is 14.8 Å². The molecular weight excluding hydrogens is 404 g/mol. The number of anilines is 1. The van der Waals surface area contributed by atoms with Gasteiger partial charge in [-0.15, -0.1) is 0 Å². The van der Waals surface area contributed by atoms with Crippen LogP contribution in [0.2, 0.25) is 0 Å². The van der Waals surface area contributed by atoms with Crippen LogP contribution in [0.15, 0.2) is 42.5 Å². The van der Waals surface area contributed by atoms with E-state index >= 15 is 0 Å². The Labute approximate surface area is 178 Å². The molecular formula is C22H28N2O5S. The topological polar surface area (TPSA) is 84.9 Å². The molecule has 162 valence electrons. The van der Waals surface area contributed by atoms with Crippen molar-refractivity contribution in [2.24, 2.45) is 0 Å². The van der Waals surface area contributed by atoms with Gasteiger partial charge >= 0.3 is 0 Å². The summed E-state index contributed by atoms with van der Waals surface area (Å²) in [6, 6.07) is 12.8. The molecule has 0 bridgehead atoms. The maximum atomic E-state index is 12.7. The molecule has 0 unspecified atom stereocenters. The average Bonchev–Trinajstić information content (AvgIpc) is 2.69. The molecule has 1 N–H and O–H groups in total. The van der Waals surface area contributed by atoms with Crippen molar-refractivity contribution in [1.82, 2.24) is 5.32 Å². The predicted octanol–water partition coefficient (Wildman–Crippen LogP) is 2.84. The van der Waals surface area contributed by atoms with Gasteiger partial charge in [0.25, 0.3) is 5.91 Å². The van der Waals surface area contributed by atoms with E-state index in [4.69, 9.17) is 9.47 Å². The minimum Gasteiger partial charge on any atom is -0.497 e. The van der Waals surface area contributed by atoms with E-state index in [0.29, 0.717) is 18.0 Å². The van der Waals surface area contributed by atoms with E-state index in [9.17, 15) is 13.2 Å². The van der Waals surface area contributed by atoms with Gasteiger partial charge in [-0.1, -0.05) is 39.0 Å². The van der Waals surface area contributed by atoms with Crippen LogP contribution >= 0.6 is 0 Å². The normalized spacial score (nSPS) is 16.4. The average molecular weight is 433 g/mol. The predicted molar refractivity (Wildman–Crippen MR) is 117 cm³/mol. The third kappa shape index (κ3) is 4.87. The van der Waals surface area contributed by atoms with Crippen LogP contribution in [0.3, 0.4) is 0 Å². The quantitative estimate of drug-likeness (QED) is 0.785. The smallest absolute Gasteiger partial charge is 0.263 e. The highest BCUT2D eigenvalue weighted by atomic mass is 32.2. The molecule has 0 spiro atoms. The molecule has 2 aromatic rings. The highest BCUT2D eigenvalue weighted by Gasteiger charge is 2.35. The number of sulfonamides is 1. The number of nitrogens with zero attached hydrogens (tertiary/aromatic N) is 1. The second-order valence-electron chi connectivity index (χ2n) is 8.40. The van der Waals surface area contributed by atoms with Crippen LogP contribution < -0.4 is 19.1 Å². The van der Waals surface area contributed by atoms with Crippen molar-refractivity contribution >= 4 is 21.6 Å². The molecule has 1 atom stereocenters. The Morgan fingerprint density at radius 3 is 2.43 bits per heavy atom. The first-order valence-electron chi connectivity index (χ1n) is 9.68. The van der Waals surface area contributed by atoms with Crippen LogP contribution in [-0.4, -0.2) is 40.3 Å². The van der Waals surface area contributed by atoms with Gasteiger partial charge in [-0.2, -0.15) is 0 Å². The lowest BCUT2D eigenvalue weighted by molar-refractivity contribution is -0.127. The number of carbonyl (C=O) groups excluding carboxylic acids is 1. The number of rotatable bonds is 5. The summed E-state index contributed by atoms with van der Waals surface area (Å²) in [5.74, 6) is 0.741. The van der Waals surface area contributed by atoms with Crippen LogP contribution in [0, 0.1) is 0 Å². The molecule has 2 aromatic carbocycles. The molecule has 1 aliphatic rings. The first kappa shape index (κ1) is 22.0. The SMILES string of the molecule is COc1ccc(CNC(=O)[C@H]2CN(S(C)(=O)=O)c3cc(C(C)(C)C)ccc3O2)cc1. The van der Waals surface area contributed by atoms with Gasteiger partial charge in [0, 0.05) is 6.54 Å². The fraction of sp³-hybridized carbons (Fsp3) is 0.409. The number of fused-ring (bicyclic) bond motifs is 1. The van der Waals surface area contributed by atoms with Crippen molar-refractivity contribution < 1.29 is 22.7 Å². The molecule has 1 amide bonds. The molecule has 0 fully saturated rings. The largest absolute Gasteiger partial charge is 0.497 e. The lowest BCUT2D eigenvalue weighted by Crippen LogP contribution is -2.50. The molecule has 1 aliphatic heterocycles. The zero-order chi connectivity index (χ0) is 22.1. The van der Waals surface area contributed by atoms with E-state index in [0.717, 1.165) is 23.1 Å². The Bertz CT molecular complexity index is 1030. The van der Waals surface area contributed by atoms with E-state index in [1.807, 2.05) is 36.4 Å². The minimum absolute atomic E-state index is 0.0755. The minimum atomic E-state index is -3.58. The van der Waals surface area contributed by atoms with E-state index in [-0.39, 0.29) is 17.9 Å². The van der Waals surface area contributed by atoms with Crippen molar-refractivity contribution in [3.05, 3.63) is 53.6 Å². The van der Waals surface area contributed by atoms with Crippen LogP contribution in [0.5, 0.6) is 11.5 Å². The first-order chi connectivity index (χ1) is 14.0. The lowest BCUT2D eigenvalue weighted by Gasteiger charge is -2.35. The lowest BCUT2D eigenvalue weighted by atomic mass is 9.86. The van der Waals surface area contributed by atoms with Crippen LogP contribution in [0.4, 0.5) is 5.69 Å². The monoisotopic (exact) mass is 432 g/mol. The van der Waals surface area contributed by atoms with Crippen LogP contribution in [0.25, 0.3) is 0 Å². The summed E-state index contributed by atoms with van der Waals surface area (Å²) in [7, 11) is -1.99. The Balaban J connectivity index is 1.80. The molecule has 0 aromatic heterocycles. The number of carbonyl (C=O) groups is 1. The number of nitrogens with one attached hydrogen (secondary N) is 1. The summed E-state index contributed by atoms with van der Waals surface area (Å²) in [5.41, 5.74) is 2.20. The van der Waals surface area contributed by atoms with Crippen molar-refractivity contribution in [2.45, 2.75) is 38.8 Å². The molecule has 3 rings (SSSR count). The zero-order valence-corrected chi connectivity index (χ0v) is 18.7. The van der Waals surface area contributed by atoms with Gasteiger partial charge in [-0.25, -0.2) is 8.42 Å². The third-order valence-electron chi connectivity index (χ3n) is 5.01. The van der Waals surface area contributed by atoms with Gasteiger partial charge in [0.15, 0.2) is 6.10 Å². The molecule has 0 saturated heterocycles. The first-order valence-corrected chi connectivity index (χ1v) is 11.5. The van der Waals surface area contributed by atoms with E-state index in [1.165, 1.54) is 4.31 Å². The molecule has 7 nitrogen and oxygen atoms in total. The number of hydrogen-bond donors (Lipinski definition) is 1. The van der Waals surface area contributed by atoms with Gasteiger partial charge in [0.2, 0.25) is 10.0 Å². The number of benzene rings is 2. The van der Waals surface area contributed by atoms with E-state index in [2.05, 4.69) is 26.1 Å². The second kappa shape index (κ2) is 8.18. The molecule has 30 heavy (non-hydrogen) atoms. The Kier molecular flexibility index (Phi) is 5.99. The molecule has 0 saturated carbocycles.